The van der Waals surface area contributed by atoms with E-state index in [4.69, 9.17) is 5.73 Å². The Morgan fingerprint density at radius 3 is 2.90 bits per heavy atom. The summed E-state index contributed by atoms with van der Waals surface area (Å²) < 4.78 is 1.10. The first-order chi connectivity index (χ1) is 10.1. The molecule has 2 aromatic rings. The molecule has 1 aliphatic heterocycles. The van der Waals surface area contributed by atoms with E-state index < -0.39 is 0 Å². The van der Waals surface area contributed by atoms with Crippen LogP contribution < -0.4 is 5.73 Å². The van der Waals surface area contributed by atoms with Gasteiger partial charge in [-0.05, 0) is 57.0 Å². The van der Waals surface area contributed by atoms with Crippen molar-refractivity contribution in [3.05, 3.63) is 40.5 Å². The molecule has 1 aromatic heterocycles. The predicted molar refractivity (Wildman–Crippen MR) is 91.2 cm³/mol. The van der Waals surface area contributed by atoms with Crippen LogP contribution in [0.25, 0.3) is 10.9 Å². The summed E-state index contributed by atoms with van der Waals surface area (Å²) >= 11 is 3.64. The molecular weight excluding hydrogens is 326 g/mol. The van der Waals surface area contributed by atoms with Crippen molar-refractivity contribution in [2.24, 2.45) is 11.7 Å². The Bertz CT molecular complexity index is 641. The average molecular weight is 348 g/mol. The second kappa shape index (κ2) is 6.03. The van der Waals surface area contributed by atoms with E-state index in [-0.39, 0.29) is 0 Å². The molecule has 0 spiro atoms. The third kappa shape index (κ3) is 2.60. The number of nitrogens with two attached hydrogens (primary N) is 1. The van der Waals surface area contributed by atoms with Crippen LogP contribution >= 0.6 is 15.9 Å². The molecule has 2 heterocycles. The summed E-state index contributed by atoms with van der Waals surface area (Å²) in [7, 11) is 0. The standard InChI is InChI=1S/C17H22BrN3/c1-11(2)21-9-7-12(10-19)17(21)14-5-6-15(18)13-4-3-8-20-16(13)14/h3-6,8,11-12,17H,7,9-10,19H2,1-2H3. The fraction of sp³-hybridized carbons (Fsp3) is 0.471. The van der Waals surface area contributed by atoms with E-state index >= 15 is 0 Å². The van der Waals surface area contributed by atoms with E-state index in [0.29, 0.717) is 18.0 Å². The molecule has 0 amide bonds. The van der Waals surface area contributed by atoms with Gasteiger partial charge in [0.25, 0.3) is 0 Å². The lowest BCUT2D eigenvalue weighted by molar-refractivity contribution is 0.185. The number of halogens is 1. The number of rotatable bonds is 3. The highest BCUT2D eigenvalue weighted by Crippen LogP contribution is 2.41. The van der Waals surface area contributed by atoms with Gasteiger partial charge in [-0.2, -0.15) is 0 Å². The Labute approximate surface area is 134 Å². The van der Waals surface area contributed by atoms with Gasteiger partial charge < -0.3 is 5.73 Å². The number of hydrogen-bond donors (Lipinski definition) is 1. The Kier molecular flexibility index (Phi) is 4.29. The summed E-state index contributed by atoms with van der Waals surface area (Å²) in [6.07, 6.45) is 3.05. The van der Waals surface area contributed by atoms with Crippen LogP contribution in [0.3, 0.4) is 0 Å². The van der Waals surface area contributed by atoms with E-state index in [1.165, 1.54) is 17.4 Å². The van der Waals surface area contributed by atoms with E-state index in [0.717, 1.165) is 23.1 Å². The SMILES string of the molecule is CC(C)N1CCC(CN)C1c1ccc(Br)c2cccnc12. The van der Waals surface area contributed by atoms with Crippen molar-refractivity contribution >= 4 is 26.8 Å². The fourth-order valence-corrected chi connectivity index (χ4v) is 3.99. The number of nitrogens with zero attached hydrogens (tertiary/aromatic N) is 2. The smallest absolute Gasteiger partial charge is 0.0761 e. The fourth-order valence-electron chi connectivity index (χ4n) is 3.54. The van der Waals surface area contributed by atoms with Crippen molar-refractivity contribution in [3.8, 4) is 0 Å². The van der Waals surface area contributed by atoms with Crippen LogP contribution in [0.1, 0.15) is 31.9 Å². The zero-order chi connectivity index (χ0) is 15.0. The molecule has 2 atom stereocenters. The van der Waals surface area contributed by atoms with Crippen LogP contribution in [-0.4, -0.2) is 29.0 Å². The molecule has 0 radical (unpaired) electrons. The van der Waals surface area contributed by atoms with E-state index in [2.05, 4.69) is 57.9 Å². The molecule has 21 heavy (non-hydrogen) atoms. The van der Waals surface area contributed by atoms with Crippen molar-refractivity contribution in [3.63, 3.8) is 0 Å². The molecule has 2 unspecified atom stereocenters. The molecule has 0 aliphatic carbocycles. The molecule has 1 aromatic carbocycles. The molecule has 0 bridgehead atoms. The van der Waals surface area contributed by atoms with Crippen LogP contribution in [0.15, 0.2) is 34.9 Å². The minimum atomic E-state index is 0.375. The maximum Gasteiger partial charge on any atom is 0.0761 e. The van der Waals surface area contributed by atoms with Crippen LogP contribution in [0, 0.1) is 5.92 Å². The van der Waals surface area contributed by atoms with Gasteiger partial charge in [0.15, 0.2) is 0 Å². The number of likely N-dealkylation sites (tertiary alicyclic amines) is 1. The Morgan fingerprint density at radius 2 is 2.19 bits per heavy atom. The zero-order valence-electron chi connectivity index (χ0n) is 12.6. The quantitative estimate of drug-likeness (QED) is 0.919. The predicted octanol–water partition coefficient (Wildman–Crippen LogP) is 3.73. The Hall–Kier alpha value is -0.970. The lowest BCUT2D eigenvalue weighted by atomic mass is 9.91. The number of hydrogen-bond acceptors (Lipinski definition) is 3. The van der Waals surface area contributed by atoms with E-state index in [1.54, 1.807) is 0 Å². The highest BCUT2D eigenvalue weighted by Gasteiger charge is 2.36. The number of fused-ring (bicyclic) bond motifs is 1. The van der Waals surface area contributed by atoms with Gasteiger partial charge in [0, 0.05) is 28.1 Å². The van der Waals surface area contributed by atoms with E-state index in [1.807, 2.05) is 12.3 Å². The first-order valence-corrected chi connectivity index (χ1v) is 8.41. The maximum atomic E-state index is 6.04. The molecule has 4 heteroatoms. The normalized spacial score (nSPS) is 23.3. The molecule has 112 valence electrons. The van der Waals surface area contributed by atoms with Gasteiger partial charge in [0.05, 0.1) is 5.52 Å². The minimum Gasteiger partial charge on any atom is -0.330 e. The van der Waals surface area contributed by atoms with Gasteiger partial charge in [-0.15, -0.1) is 0 Å². The molecule has 1 aliphatic rings. The molecule has 0 saturated carbocycles. The van der Waals surface area contributed by atoms with Crippen LogP contribution in [0.2, 0.25) is 0 Å². The summed E-state index contributed by atoms with van der Waals surface area (Å²) in [4.78, 5) is 7.22. The summed E-state index contributed by atoms with van der Waals surface area (Å²) in [5.74, 6) is 0.513. The molecule has 3 nitrogen and oxygen atoms in total. The van der Waals surface area contributed by atoms with Gasteiger partial charge in [0.2, 0.25) is 0 Å². The van der Waals surface area contributed by atoms with Gasteiger partial charge >= 0.3 is 0 Å². The summed E-state index contributed by atoms with van der Waals surface area (Å²) in [5, 5.41) is 1.18. The van der Waals surface area contributed by atoms with Gasteiger partial charge in [-0.25, -0.2) is 0 Å². The maximum absolute atomic E-state index is 6.04. The lowest BCUT2D eigenvalue weighted by Crippen LogP contribution is -2.33. The number of benzene rings is 1. The second-order valence-electron chi connectivity index (χ2n) is 6.10. The van der Waals surface area contributed by atoms with Crippen LogP contribution in [0.5, 0.6) is 0 Å². The van der Waals surface area contributed by atoms with Crippen LogP contribution in [-0.2, 0) is 0 Å². The summed E-state index contributed by atoms with van der Waals surface area (Å²) in [5.41, 5.74) is 8.46. The van der Waals surface area contributed by atoms with Gasteiger partial charge in [-0.3, -0.25) is 9.88 Å². The topological polar surface area (TPSA) is 42.1 Å². The highest BCUT2D eigenvalue weighted by atomic mass is 79.9. The Morgan fingerprint density at radius 1 is 1.38 bits per heavy atom. The van der Waals surface area contributed by atoms with E-state index in [9.17, 15) is 0 Å². The first-order valence-electron chi connectivity index (χ1n) is 7.62. The Balaban J connectivity index is 2.15. The molecule has 1 saturated heterocycles. The first kappa shape index (κ1) is 14.9. The zero-order valence-corrected chi connectivity index (χ0v) is 14.2. The average Bonchev–Trinajstić information content (AvgIpc) is 2.92. The van der Waals surface area contributed by atoms with Crippen molar-refractivity contribution in [2.75, 3.05) is 13.1 Å². The molecule has 2 N–H and O–H groups in total. The largest absolute Gasteiger partial charge is 0.330 e. The molecule has 1 fully saturated rings. The second-order valence-corrected chi connectivity index (χ2v) is 6.95. The third-order valence-electron chi connectivity index (χ3n) is 4.59. The van der Waals surface area contributed by atoms with Crippen LogP contribution in [0.4, 0.5) is 0 Å². The molecule has 3 rings (SSSR count). The highest BCUT2D eigenvalue weighted by molar-refractivity contribution is 9.10. The summed E-state index contributed by atoms with van der Waals surface area (Å²) in [6, 6.07) is 9.38. The van der Waals surface area contributed by atoms with Crippen molar-refractivity contribution in [1.29, 1.82) is 0 Å². The third-order valence-corrected chi connectivity index (χ3v) is 5.29. The monoisotopic (exact) mass is 347 g/mol. The van der Waals surface area contributed by atoms with Gasteiger partial charge in [0.1, 0.15) is 0 Å². The van der Waals surface area contributed by atoms with Crippen molar-refractivity contribution < 1.29 is 0 Å². The minimum absolute atomic E-state index is 0.375. The lowest BCUT2D eigenvalue weighted by Gasteiger charge is -2.32. The molecular formula is C17H22BrN3. The van der Waals surface area contributed by atoms with Gasteiger partial charge in [-0.1, -0.05) is 28.1 Å². The number of aromatic nitrogens is 1. The summed E-state index contributed by atoms with van der Waals surface area (Å²) in [6.45, 7) is 6.38. The van der Waals surface area contributed by atoms with Crippen molar-refractivity contribution in [2.45, 2.75) is 32.4 Å². The number of pyridine rings is 1. The van der Waals surface area contributed by atoms with Crippen molar-refractivity contribution in [1.82, 2.24) is 9.88 Å².